The van der Waals surface area contributed by atoms with Crippen LogP contribution in [0.3, 0.4) is 0 Å². The van der Waals surface area contributed by atoms with Crippen molar-refractivity contribution in [3.63, 3.8) is 0 Å². The summed E-state index contributed by atoms with van der Waals surface area (Å²) < 4.78 is 12.7. The van der Waals surface area contributed by atoms with Crippen molar-refractivity contribution >= 4 is 10.8 Å². The second-order valence-electron chi connectivity index (χ2n) is 4.10. The Hall–Kier alpha value is -1.36. The van der Waals surface area contributed by atoms with Gasteiger partial charge in [-0.15, -0.1) is 0 Å². The molecule has 1 aromatic carbocycles. The van der Waals surface area contributed by atoms with Gasteiger partial charge in [0.05, 0.1) is 6.61 Å². The Morgan fingerprint density at radius 1 is 1.11 bits per heavy atom. The normalized spacial score (nSPS) is 9.58. The molecule has 0 aliphatic carbocycles. The second kappa shape index (κ2) is 8.69. The maximum atomic E-state index is 5.66. The van der Waals surface area contributed by atoms with Gasteiger partial charge >= 0.3 is 0 Å². The molecular weight excluding hydrogens is 266 g/mol. The molecule has 1 aromatic heterocycles. The van der Waals surface area contributed by atoms with E-state index in [9.17, 15) is 0 Å². The van der Waals surface area contributed by atoms with Crippen LogP contribution < -0.4 is 21.7 Å². The monoisotopic (exact) mass is 285 g/mol. The maximum Gasteiger partial charge on any atom is 0.176 e. The highest BCUT2D eigenvalue weighted by atomic mass is 35.5. The summed E-state index contributed by atoms with van der Waals surface area (Å²) in [6, 6.07) is 8.26. The molecule has 19 heavy (non-hydrogen) atoms. The number of rotatable bonds is 5. The first-order chi connectivity index (χ1) is 8.29. The van der Waals surface area contributed by atoms with E-state index in [0.717, 1.165) is 18.8 Å². The topological polar surface area (TPSA) is 53.8 Å². The van der Waals surface area contributed by atoms with Gasteiger partial charge in [0.1, 0.15) is 12.8 Å². The van der Waals surface area contributed by atoms with Crippen LogP contribution in [0.5, 0.6) is 5.75 Å². The van der Waals surface area contributed by atoms with Gasteiger partial charge in [-0.3, -0.25) is 0 Å². The Kier molecular flexibility index (Phi) is 8.07. The minimum atomic E-state index is 0. The third kappa shape index (κ3) is 5.03. The highest BCUT2D eigenvalue weighted by Crippen LogP contribution is 2.19. The smallest absolute Gasteiger partial charge is 0.176 e. The van der Waals surface area contributed by atoms with Gasteiger partial charge in [0.15, 0.2) is 12.4 Å². The maximum absolute atomic E-state index is 5.66. The molecule has 0 bridgehead atoms. The van der Waals surface area contributed by atoms with E-state index >= 15 is 0 Å². The predicted molar refractivity (Wildman–Crippen MR) is 70.7 cm³/mol. The van der Waals surface area contributed by atoms with Crippen LogP contribution >= 0.6 is 0 Å². The van der Waals surface area contributed by atoms with Crippen molar-refractivity contribution < 1.29 is 31.9 Å². The van der Waals surface area contributed by atoms with Crippen molar-refractivity contribution in [3.05, 3.63) is 36.7 Å². The summed E-state index contributed by atoms with van der Waals surface area (Å²) in [6.07, 6.45) is 5.05. The fourth-order valence-electron chi connectivity index (χ4n) is 1.76. The van der Waals surface area contributed by atoms with E-state index in [2.05, 4.69) is 24.4 Å². The van der Waals surface area contributed by atoms with Crippen molar-refractivity contribution in [3.8, 4) is 5.75 Å². The van der Waals surface area contributed by atoms with Crippen LogP contribution in [0, 0.1) is 0 Å². The largest absolute Gasteiger partial charge is 1.00 e. The van der Waals surface area contributed by atoms with E-state index < -0.39 is 0 Å². The lowest BCUT2D eigenvalue weighted by molar-refractivity contribution is -0.670. The van der Waals surface area contributed by atoms with Crippen LogP contribution in [-0.4, -0.2) is 25.8 Å². The fourth-order valence-corrected chi connectivity index (χ4v) is 1.76. The van der Waals surface area contributed by atoms with E-state index in [1.807, 2.05) is 23.9 Å². The highest BCUT2D eigenvalue weighted by molar-refractivity contribution is 5.82. The first-order valence-corrected chi connectivity index (χ1v) is 5.80. The number of halogens is 1. The molecule has 106 valence electrons. The number of nitrogens with zero attached hydrogens (tertiary/aromatic N) is 1. The lowest BCUT2D eigenvalue weighted by Gasteiger charge is -2.06. The van der Waals surface area contributed by atoms with Crippen LogP contribution in [0.15, 0.2) is 36.7 Å². The van der Waals surface area contributed by atoms with Gasteiger partial charge < -0.3 is 27.4 Å². The molecule has 0 aliphatic rings. The summed E-state index contributed by atoms with van der Waals surface area (Å²) in [5, 5.41) is 2.42. The first kappa shape index (κ1) is 17.6. The van der Waals surface area contributed by atoms with Gasteiger partial charge in [0.25, 0.3) is 0 Å². The van der Waals surface area contributed by atoms with E-state index in [1.54, 1.807) is 7.11 Å². The molecule has 2 N–H and O–H groups in total. The molecule has 2 aromatic rings. The molecule has 0 fully saturated rings. The molecule has 0 saturated carbocycles. The molecule has 0 spiro atoms. The summed E-state index contributed by atoms with van der Waals surface area (Å²) in [4.78, 5) is 0. The number of benzene rings is 1. The first-order valence-electron chi connectivity index (χ1n) is 5.80. The number of aryl methyl sites for hydroxylation is 1. The zero-order valence-electron chi connectivity index (χ0n) is 11.2. The number of pyridine rings is 1. The third-order valence-corrected chi connectivity index (χ3v) is 2.65. The molecule has 4 nitrogen and oxygen atoms in total. The Morgan fingerprint density at radius 2 is 1.89 bits per heavy atom. The molecule has 1 heterocycles. The van der Waals surface area contributed by atoms with E-state index in [0.29, 0.717) is 6.61 Å². The molecule has 5 heteroatoms. The van der Waals surface area contributed by atoms with Gasteiger partial charge in [-0.25, -0.2) is 4.57 Å². The fraction of sp³-hybridized carbons (Fsp3) is 0.357. The Labute approximate surface area is 119 Å². The number of hydrogen-bond acceptors (Lipinski definition) is 2. The Morgan fingerprint density at radius 3 is 2.63 bits per heavy atom. The number of fused-ring (bicyclic) bond motifs is 1. The van der Waals surface area contributed by atoms with Crippen molar-refractivity contribution in [2.45, 2.75) is 6.42 Å². The van der Waals surface area contributed by atoms with Gasteiger partial charge in [-0.2, -0.15) is 0 Å². The predicted octanol–water partition coefficient (Wildman–Crippen LogP) is -1.74. The van der Waals surface area contributed by atoms with Crippen LogP contribution in [0.25, 0.3) is 10.8 Å². The highest BCUT2D eigenvalue weighted by Gasteiger charge is 2.01. The van der Waals surface area contributed by atoms with Gasteiger partial charge in [-0.1, -0.05) is 0 Å². The summed E-state index contributed by atoms with van der Waals surface area (Å²) in [7, 11) is 3.73. The standard InChI is InChI=1S/C14H18NO2.ClH.H2O/c1-15-7-6-12-10-14(5-4-13(12)11-15)17-9-3-8-16-2;;/h4-7,10-11H,3,8-9H2,1-2H3;1H;1H2/q+1;;/p-1. The van der Waals surface area contributed by atoms with Gasteiger partial charge in [0.2, 0.25) is 0 Å². The number of hydrogen-bond donors (Lipinski definition) is 0. The minimum absolute atomic E-state index is 0. The van der Waals surface area contributed by atoms with Crippen molar-refractivity contribution in [1.82, 2.24) is 0 Å². The Balaban J connectivity index is 0.00000162. The minimum Gasteiger partial charge on any atom is -1.00 e. The zero-order chi connectivity index (χ0) is 12.1. The summed E-state index contributed by atoms with van der Waals surface area (Å²) >= 11 is 0. The van der Waals surface area contributed by atoms with Crippen LogP contribution in [0.1, 0.15) is 6.42 Å². The van der Waals surface area contributed by atoms with E-state index in [-0.39, 0.29) is 17.9 Å². The third-order valence-electron chi connectivity index (χ3n) is 2.65. The van der Waals surface area contributed by atoms with E-state index in [1.165, 1.54) is 10.8 Å². The molecule has 0 atom stereocenters. The summed E-state index contributed by atoms with van der Waals surface area (Å²) in [5.41, 5.74) is 0. The molecular formula is C14H20ClNO3. The quantitative estimate of drug-likeness (QED) is 0.484. The molecule has 0 saturated heterocycles. The summed E-state index contributed by atoms with van der Waals surface area (Å²) in [6.45, 7) is 1.43. The van der Waals surface area contributed by atoms with E-state index in [4.69, 9.17) is 9.47 Å². The average Bonchev–Trinajstić information content (AvgIpc) is 2.35. The molecule has 0 radical (unpaired) electrons. The lowest BCUT2D eigenvalue weighted by atomic mass is 10.2. The van der Waals surface area contributed by atoms with Crippen LogP contribution in [0.2, 0.25) is 0 Å². The SMILES string of the molecule is COCCCOc1ccc2c[n+](C)ccc2c1.O.[Cl-]. The second-order valence-corrected chi connectivity index (χ2v) is 4.10. The molecule has 0 amide bonds. The van der Waals surface area contributed by atoms with Gasteiger partial charge in [0, 0.05) is 31.6 Å². The van der Waals surface area contributed by atoms with Crippen molar-refractivity contribution in [2.24, 2.45) is 7.05 Å². The number of methoxy groups -OCH3 is 1. The Bertz CT molecular complexity index is 505. The van der Waals surface area contributed by atoms with Crippen LogP contribution in [-0.2, 0) is 11.8 Å². The van der Waals surface area contributed by atoms with Crippen molar-refractivity contribution in [1.29, 1.82) is 0 Å². The molecule has 0 unspecified atom stereocenters. The molecule has 0 aliphatic heterocycles. The number of aromatic nitrogens is 1. The van der Waals surface area contributed by atoms with Crippen LogP contribution in [0.4, 0.5) is 0 Å². The number of ether oxygens (including phenoxy) is 2. The van der Waals surface area contributed by atoms with Crippen molar-refractivity contribution in [2.75, 3.05) is 20.3 Å². The zero-order valence-corrected chi connectivity index (χ0v) is 12.0. The average molecular weight is 286 g/mol. The summed E-state index contributed by atoms with van der Waals surface area (Å²) in [5.74, 6) is 0.919. The lowest BCUT2D eigenvalue weighted by Crippen LogP contribution is -3.00. The molecule has 2 rings (SSSR count). The van der Waals surface area contributed by atoms with Gasteiger partial charge in [-0.05, 0) is 23.6 Å².